The Morgan fingerprint density at radius 2 is 2.17 bits per heavy atom. The lowest BCUT2D eigenvalue weighted by atomic mass is 9.74. The molecule has 0 aromatic carbocycles. The minimum Gasteiger partial charge on any atom is -0.392 e. The highest BCUT2D eigenvalue weighted by Crippen LogP contribution is 2.48. The van der Waals surface area contributed by atoms with Crippen LogP contribution >= 0.6 is 0 Å². The first kappa shape index (κ1) is 8.27. The lowest BCUT2D eigenvalue weighted by Crippen LogP contribution is -2.32. The Morgan fingerprint density at radius 3 is 2.92 bits per heavy atom. The van der Waals surface area contributed by atoms with E-state index in [0.29, 0.717) is 0 Å². The van der Waals surface area contributed by atoms with Gasteiger partial charge in [0.25, 0.3) is 0 Å². The van der Waals surface area contributed by atoms with Gasteiger partial charge < -0.3 is 10.2 Å². The largest absolute Gasteiger partial charge is 0.392 e. The Hall–Kier alpha value is -0.340. The van der Waals surface area contributed by atoms with Gasteiger partial charge in [0.05, 0.1) is 12.2 Å². The Kier molecular flexibility index (Phi) is 1.77. The summed E-state index contributed by atoms with van der Waals surface area (Å²) >= 11 is 0. The van der Waals surface area contributed by atoms with Crippen molar-refractivity contribution in [2.75, 3.05) is 0 Å². The number of fused-ring (bicyclic) bond motifs is 1. The van der Waals surface area contributed by atoms with Gasteiger partial charge in [-0.05, 0) is 25.7 Å². The summed E-state index contributed by atoms with van der Waals surface area (Å²) in [5.41, 5.74) is 1.26. The lowest BCUT2D eigenvalue weighted by molar-refractivity contribution is 0.0596. The topological polar surface area (TPSA) is 40.5 Å². The van der Waals surface area contributed by atoms with Gasteiger partial charge in [-0.1, -0.05) is 18.6 Å². The van der Waals surface area contributed by atoms with Gasteiger partial charge in [-0.2, -0.15) is 0 Å². The molecule has 2 rings (SSSR count). The molecule has 2 aliphatic rings. The molecule has 2 N–H and O–H groups in total. The van der Waals surface area contributed by atoms with E-state index in [0.717, 1.165) is 25.7 Å². The van der Waals surface area contributed by atoms with Gasteiger partial charge in [-0.25, -0.2) is 0 Å². The summed E-state index contributed by atoms with van der Waals surface area (Å²) in [6, 6.07) is 0. The minimum absolute atomic E-state index is 0.0147. The molecule has 2 nitrogen and oxygen atoms in total. The average molecular weight is 168 g/mol. The molecule has 0 bridgehead atoms. The van der Waals surface area contributed by atoms with Gasteiger partial charge in [0, 0.05) is 5.41 Å². The minimum atomic E-state index is -0.265. The van der Waals surface area contributed by atoms with Crippen molar-refractivity contribution in [2.45, 2.75) is 44.8 Å². The molecular weight excluding hydrogens is 152 g/mol. The van der Waals surface area contributed by atoms with Crippen LogP contribution in [0.5, 0.6) is 0 Å². The molecule has 0 radical (unpaired) electrons. The average Bonchev–Trinajstić information content (AvgIpc) is 2.31. The molecule has 0 aromatic heterocycles. The summed E-state index contributed by atoms with van der Waals surface area (Å²) in [7, 11) is 0. The maximum absolute atomic E-state index is 9.75. The smallest absolute Gasteiger partial charge is 0.0724 e. The van der Waals surface area contributed by atoms with Crippen LogP contribution in [0.2, 0.25) is 0 Å². The molecule has 0 amide bonds. The van der Waals surface area contributed by atoms with Gasteiger partial charge in [-0.3, -0.25) is 0 Å². The summed E-state index contributed by atoms with van der Waals surface area (Å²) in [6.07, 6.45) is 5.07. The second kappa shape index (κ2) is 2.57. The molecule has 0 unspecified atom stereocenters. The highest BCUT2D eigenvalue weighted by Gasteiger charge is 2.43. The van der Waals surface area contributed by atoms with E-state index in [9.17, 15) is 10.2 Å². The SMILES string of the molecule is C[C@]12CC[C@H](O)C=C1CC[C@@H]2O. The van der Waals surface area contributed by atoms with Crippen molar-refractivity contribution in [2.24, 2.45) is 5.41 Å². The van der Waals surface area contributed by atoms with Crippen LogP contribution in [0.15, 0.2) is 11.6 Å². The van der Waals surface area contributed by atoms with Crippen molar-refractivity contribution in [3.63, 3.8) is 0 Å². The number of aliphatic hydroxyl groups is 2. The van der Waals surface area contributed by atoms with Crippen molar-refractivity contribution < 1.29 is 10.2 Å². The molecule has 0 aromatic rings. The van der Waals surface area contributed by atoms with Crippen LogP contribution in [0, 0.1) is 5.41 Å². The number of hydrogen-bond acceptors (Lipinski definition) is 2. The predicted molar refractivity (Wildman–Crippen MR) is 46.7 cm³/mol. The Labute approximate surface area is 72.9 Å². The molecule has 0 spiro atoms. The molecule has 2 aliphatic carbocycles. The van der Waals surface area contributed by atoms with Crippen molar-refractivity contribution in [1.82, 2.24) is 0 Å². The third kappa shape index (κ3) is 1.02. The highest BCUT2D eigenvalue weighted by atomic mass is 16.3. The monoisotopic (exact) mass is 168 g/mol. The van der Waals surface area contributed by atoms with Gasteiger partial charge in [0.1, 0.15) is 0 Å². The third-order valence-electron chi connectivity index (χ3n) is 3.51. The number of rotatable bonds is 0. The van der Waals surface area contributed by atoms with Gasteiger partial charge in [0.2, 0.25) is 0 Å². The molecule has 0 heterocycles. The first-order valence-electron chi connectivity index (χ1n) is 4.70. The van der Waals surface area contributed by atoms with E-state index in [-0.39, 0.29) is 17.6 Å². The first-order chi connectivity index (χ1) is 5.63. The second-order valence-electron chi connectivity index (χ2n) is 4.27. The van der Waals surface area contributed by atoms with Gasteiger partial charge >= 0.3 is 0 Å². The van der Waals surface area contributed by atoms with Crippen molar-refractivity contribution >= 4 is 0 Å². The second-order valence-corrected chi connectivity index (χ2v) is 4.27. The molecule has 3 atom stereocenters. The van der Waals surface area contributed by atoms with Crippen LogP contribution in [-0.2, 0) is 0 Å². The van der Waals surface area contributed by atoms with E-state index < -0.39 is 0 Å². The Balaban J connectivity index is 2.31. The van der Waals surface area contributed by atoms with E-state index in [1.54, 1.807) is 0 Å². The lowest BCUT2D eigenvalue weighted by Gasteiger charge is -2.34. The molecule has 68 valence electrons. The summed E-state index contributed by atoms with van der Waals surface area (Å²) in [6.45, 7) is 2.11. The van der Waals surface area contributed by atoms with Crippen LogP contribution in [0.3, 0.4) is 0 Å². The zero-order valence-corrected chi connectivity index (χ0v) is 7.45. The first-order valence-corrected chi connectivity index (χ1v) is 4.70. The Morgan fingerprint density at radius 1 is 1.42 bits per heavy atom. The number of aliphatic hydroxyl groups excluding tert-OH is 2. The van der Waals surface area contributed by atoms with Gasteiger partial charge in [0.15, 0.2) is 0 Å². The molecule has 12 heavy (non-hydrogen) atoms. The molecule has 0 saturated heterocycles. The van der Waals surface area contributed by atoms with Crippen LogP contribution in [-0.4, -0.2) is 22.4 Å². The maximum Gasteiger partial charge on any atom is 0.0724 e. The summed E-state index contributed by atoms with van der Waals surface area (Å²) < 4.78 is 0. The van der Waals surface area contributed by atoms with Crippen molar-refractivity contribution in [1.29, 1.82) is 0 Å². The fraction of sp³-hybridized carbons (Fsp3) is 0.800. The van der Waals surface area contributed by atoms with Crippen molar-refractivity contribution in [3.05, 3.63) is 11.6 Å². The van der Waals surface area contributed by atoms with Crippen LogP contribution in [0.1, 0.15) is 32.6 Å². The van der Waals surface area contributed by atoms with Crippen molar-refractivity contribution in [3.8, 4) is 0 Å². The predicted octanol–water partition coefficient (Wildman–Crippen LogP) is 1.23. The van der Waals surface area contributed by atoms with E-state index >= 15 is 0 Å². The van der Waals surface area contributed by atoms with E-state index in [1.165, 1.54) is 5.57 Å². The van der Waals surface area contributed by atoms with Gasteiger partial charge in [-0.15, -0.1) is 0 Å². The zero-order valence-electron chi connectivity index (χ0n) is 7.45. The molecule has 1 saturated carbocycles. The summed E-state index contributed by atoms with van der Waals surface area (Å²) in [4.78, 5) is 0. The highest BCUT2D eigenvalue weighted by molar-refractivity contribution is 5.25. The standard InChI is InChI=1S/C10H16O2/c1-10-5-4-8(11)6-7(10)2-3-9(10)12/h6,8-9,11-12H,2-5H2,1H3/t8-,9-,10-/m0/s1. The third-order valence-corrected chi connectivity index (χ3v) is 3.51. The molecule has 0 aliphatic heterocycles. The van der Waals surface area contributed by atoms with E-state index in [4.69, 9.17) is 0 Å². The van der Waals surface area contributed by atoms with E-state index in [2.05, 4.69) is 6.92 Å². The fourth-order valence-electron chi connectivity index (χ4n) is 2.47. The Bertz CT molecular complexity index is 222. The van der Waals surface area contributed by atoms with E-state index in [1.807, 2.05) is 6.08 Å². The molecule has 2 heteroatoms. The zero-order chi connectivity index (χ0) is 8.77. The summed E-state index contributed by atoms with van der Waals surface area (Å²) in [5, 5.41) is 19.1. The number of hydrogen-bond donors (Lipinski definition) is 2. The van der Waals surface area contributed by atoms with Crippen LogP contribution in [0.25, 0.3) is 0 Å². The maximum atomic E-state index is 9.75. The molecule has 1 fully saturated rings. The quantitative estimate of drug-likeness (QED) is 0.534. The van der Waals surface area contributed by atoms with Crippen LogP contribution in [0.4, 0.5) is 0 Å². The fourth-order valence-corrected chi connectivity index (χ4v) is 2.47. The normalized spacial score (nSPS) is 47.1. The molecular formula is C10H16O2. The summed E-state index contributed by atoms with van der Waals surface area (Å²) in [5.74, 6) is 0. The van der Waals surface area contributed by atoms with Crippen LogP contribution < -0.4 is 0 Å².